The molecule has 8 heteroatoms. The molecule has 2 amide bonds. The Labute approximate surface area is 182 Å². The van der Waals surface area contributed by atoms with Gasteiger partial charge in [0.2, 0.25) is 5.91 Å². The van der Waals surface area contributed by atoms with Crippen LogP contribution in [0.15, 0.2) is 78.9 Å². The lowest BCUT2D eigenvalue weighted by Gasteiger charge is -2.29. The zero-order valence-electron chi connectivity index (χ0n) is 16.6. The van der Waals surface area contributed by atoms with Gasteiger partial charge < -0.3 is 5.11 Å². The molecule has 0 saturated carbocycles. The van der Waals surface area contributed by atoms with Crippen LogP contribution in [0.3, 0.4) is 0 Å². The topological polar surface area (TPSA) is 87.2 Å². The molecule has 0 aliphatic carbocycles. The summed E-state index contributed by atoms with van der Waals surface area (Å²) < 4.78 is 14.8. The predicted molar refractivity (Wildman–Crippen MR) is 112 cm³/mol. The van der Waals surface area contributed by atoms with Gasteiger partial charge in [-0.05, 0) is 42.5 Å². The number of amides is 2. The second kappa shape index (κ2) is 7.58. The summed E-state index contributed by atoms with van der Waals surface area (Å²) in [5.74, 6) is -3.71. The first-order valence-corrected chi connectivity index (χ1v) is 9.94. The van der Waals surface area contributed by atoms with Gasteiger partial charge in [-0.15, -0.1) is 0 Å². The maximum absolute atomic E-state index is 14.8. The largest absolute Gasteiger partial charge is 0.478 e. The maximum Gasteiger partial charge on any atom is 0.335 e. The fourth-order valence-electron chi connectivity index (χ4n) is 4.25. The van der Waals surface area contributed by atoms with Crippen LogP contribution in [0.25, 0.3) is 0 Å². The highest BCUT2D eigenvalue weighted by molar-refractivity contribution is 6.24. The Morgan fingerprint density at radius 3 is 2.16 bits per heavy atom. The van der Waals surface area contributed by atoms with E-state index >= 15 is 0 Å². The Hall–Kier alpha value is -4.04. The van der Waals surface area contributed by atoms with Gasteiger partial charge in [-0.3, -0.25) is 14.4 Å². The van der Waals surface area contributed by atoms with Crippen molar-refractivity contribution >= 4 is 29.2 Å². The van der Waals surface area contributed by atoms with E-state index in [9.17, 15) is 18.8 Å². The third-order valence-corrected chi connectivity index (χ3v) is 5.72. The lowest BCUT2D eigenvalue weighted by Crippen LogP contribution is -2.37. The molecule has 2 aliphatic heterocycles. The van der Waals surface area contributed by atoms with Crippen LogP contribution in [-0.4, -0.2) is 29.0 Å². The number of hydrogen-bond acceptors (Lipinski definition) is 5. The quantitative estimate of drug-likeness (QED) is 0.635. The number of hydrogen-bond donors (Lipinski definition) is 1. The first-order chi connectivity index (χ1) is 15.5. The number of hydroxylamine groups is 1. The summed E-state index contributed by atoms with van der Waals surface area (Å²) in [6.07, 6.45) is -1.13. The Morgan fingerprint density at radius 2 is 1.50 bits per heavy atom. The average molecular weight is 432 g/mol. The molecule has 160 valence electrons. The third kappa shape index (κ3) is 3.04. The van der Waals surface area contributed by atoms with Crippen LogP contribution in [0.1, 0.15) is 22.0 Å². The summed E-state index contributed by atoms with van der Waals surface area (Å²) in [6.45, 7) is 0. The van der Waals surface area contributed by atoms with Crippen molar-refractivity contribution in [2.75, 3.05) is 9.96 Å². The lowest BCUT2D eigenvalue weighted by molar-refractivity contribution is -0.126. The van der Waals surface area contributed by atoms with Crippen LogP contribution in [0.4, 0.5) is 15.8 Å². The Balaban J connectivity index is 1.57. The number of nitrogens with zero attached hydrogens (tertiary/aromatic N) is 2. The molecule has 3 atom stereocenters. The summed E-state index contributed by atoms with van der Waals surface area (Å²) in [5.41, 5.74) is 1.10. The van der Waals surface area contributed by atoms with Crippen LogP contribution < -0.4 is 9.96 Å². The van der Waals surface area contributed by atoms with E-state index in [-0.39, 0.29) is 16.8 Å². The molecule has 2 aliphatic rings. The van der Waals surface area contributed by atoms with Gasteiger partial charge in [-0.2, -0.15) is 0 Å². The van der Waals surface area contributed by atoms with Crippen LogP contribution in [-0.2, 0) is 14.4 Å². The summed E-state index contributed by atoms with van der Waals surface area (Å²) in [6, 6.07) is 19.6. The van der Waals surface area contributed by atoms with E-state index < -0.39 is 41.7 Å². The average Bonchev–Trinajstić information content (AvgIpc) is 3.31. The number of carboxylic acids is 1. The van der Waals surface area contributed by atoms with Gasteiger partial charge in [0.25, 0.3) is 5.91 Å². The predicted octanol–water partition coefficient (Wildman–Crippen LogP) is 3.58. The van der Waals surface area contributed by atoms with Crippen molar-refractivity contribution in [3.8, 4) is 0 Å². The zero-order valence-corrected chi connectivity index (χ0v) is 16.6. The third-order valence-electron chi connectivity index (χ3n) is 5.72. The molecule has 1 N–H and O–H groups in total. The van der Waals surface area contributed by atoms with Gasteiger partial charge in [0.15, 0.2) is 6.10 Å². The number of aromatic carboxylic acids is 1. The highest BCUT2D eigenvalue weighted by Crippen LogP contribution is 2.48. The summed E-state index contributed by atoms with van der Waals surface area (Å²) in [5, 5.41) is 10.5. The normalized spacial score (nSPS) is 22.3. The summed E-state index contributed by atoms with van der Waals surface area (Å²) in [4.78, 5) is 44.7. The molecular weight excluding hydrogens is 415 g/mol. The number of fused-ring (bicyclic) bond motifs is 1. The number of imide groups is 1. The van der Waals surface area contributed by atoms with Crippen molar-refractivity contribution in [1.82, 2.24) is 0 Å². The number of anilines is 2. The monoisotopic (exact) mass is 432 g/mol. The maximum atomic E-state index is 14.8. The fraction of sp³-hybridized carbons (Fsp3) is 0.125. The standard InChI is InChI=1S/C24H17FN2O5/c25-18-9-5-4-8-17(18)20-19-21(32-27(20)16-6-2-1-3-7-16)23(29)26(22(19)28)15-12-10-14(11-13-15)24(30)31/h1-13,19-21H,(H,30,31)/t19-,20+,21-/m0/s1. The van der Waals surface area contributed by atoms with E-state index in [1.807, 2.05) is 6.07 Å². The van der Waals surface area contributed by atoms with E-state index in [4.69, 9.17) is 9.94 Å². The molecule has 0 radical (unpaired) electrons. The van der Waals surface area contributed by atoms with Gasteiger partial charge in [0.1, 0.15) is 11.7 Å². The minimum absolute atomic E-state index is 0.0313. The second-order valence-electron chi connectivity index (χ2n) is 7.54. The minimum atomic E-state index is -1.13. The molecule has 3 aromatic carbocycles. The van der Waals surface area contributed by atoms with Gasteiger partial charge in [0, 0.05) is 5.56 Å². The number of carbonyl (C=O) groups is 3. The second-order valence-corrected chi connectivity index (χ2v) is 7.54. The molecular formula is C24H17FN2O5. The van der Waals surface area contributed by atoms with Crippen molar-refractivity contribution < 1.29 is 28.7 Å². The zero-order chi connectivity index (χ0) is 22.4. The van der Waals surface area contributed by atoms with E-state index in [0.717, 1.165) is 4.90 Å². The molecule has 32 heavy (non-hydrogen) atoms. The van der Waals surface area contributed by atoms with Crippen molar-refractivity contribution in [2.45, 2.75) is 12.1 Å². The van der Waals surface area contributed by atoms with Gasteiger partial charge in [-0.1, -0.05) is 36.4 Å². The number of benzene rings is 3. The SMILES string of the molecule is O=C(O)c1ccc(N2C(=O)[C@@H]3[C@H](ON(c4ccccc4)[C@@H]3c3ccccc3F)C2=O)cc1. The van der Waals surface area contributed by atoms with Gasteiger partial charge in [-0.25, -0.2) is 19.1 Å². The molecule has 0 spiro atoms. The number of carbonyl (C=O) groups excluding carboxylic acids is 2. The first-order valence-electron chi connectivity index (χ1n) is 9.94. The van der Waals surface area contributed by atoms with E-state index in [0.29, 0.717) is 5.69 Å². The summed E-state index contributed by atoms with van der Waals surface area (Å²) >= 11 is 0. The molecule has 5 rings (SSSR count). The smallest absolute Gasteiger partial charge is 0.335 e. The van der Waals surface area contributed by atoms with Gasteiger partial charge >= 0.3 is 5.97 Å². The van der Waals surface area contributed by atoms with Gasteiger partial charge in [0.05, 0.1) is 23.0 Å². The molecule has 0 bridgehead atoms. The number of rotatable bonds is 4. The molecule has 2 fully saturated rings. The molecule has 0 aromatic heterocycles. The molecule has 2 heterocycles. The molecule has 2 saturated heterocycles. The lowest BCUT2D eigenvalue weighted by atomic mass is 9.90. The number of halogens is 1. The van der Waals surface area contributed by atoms with E-state index in [1.54, 1.807) is 42.5 Å². The Bertz CT molecular complexity index is 1210. The fourth-order valence-corrected chi connectivity index (χ4v) is 4.25. The minimum Gasteiger partial charge on any atom is -0.478 e. The number of carboxylic acid groups (broad SMARTS) is 1. The molecule has 0 unspecified atom stereocenters. The first kappa shape index (κ1) is 19.9. The van der Waals surface area contributed by atoms with Crippen LogP contribution in [0.2, 0.25) is 0 Å². The Morgan fingerprint density at radius 1 is 0.844 bits per heavy atom. The Kier molecular flexibility index (Phi) is 4.71. The van der Waals surface area contributed by atoms with Crippen LogP contribution in [0, 0.1) is 11.7 Å². The molecule has 7 nitrogen and oxygen atoms in total. The highest BCUT2D eigenvalue weighted by Gasteiger charge is 2.60. The van der Waals surface area contributed by atoms with Crippen molar-refractivity contribution in [2.24, 2.45) is 5.92 Å². The number of para-hydroxylation sites is 1. The molecule has 3 aromatic rings. The van der Waals surface area contributed by atoms with Crippen molar-refractivity contribution in [1.29, 1.82) is 0 Å². The van der Waals surface area contributed by atoms with E-state index in [1.165, 1.54) is 35.4 Å². The van der Waals surface area contributed by atoms with Crippen molar-refractivity contribution in [3.05, 3.63) is 95.8 Å². The van der Waals surface area contributed by atoms with Crippen molar-refractivity contribution in [3.63, 3.8) is 0 Å². The van der Waals surface area contributed by atoms with Crippen LogP contribution >= 0.6 is 0 Å². The summed E-state index contributed by atoms with van der Waals surface area (Å²) in [7, 11) is 0. The van der Waals surface area contributed by atoms with E-state index in [2.05, 4.69) is 0 Å². The highest BCUT2D eigenvalue weighted by atomic mass is 19.1. The van der Waals surface area contributed by atoms with Crippen LogP contribution in [0.5, 0.6) is 0 Å².